The number of anilines is 2. The van der Waals surface area contributed by atoms with Gasteiger partial charge in [-0.3, -0.25) is 14.4 Å². The first-order valence-corrected chi connectivity index (χ1v) is 8.76. The Balaban J connectivity index is 1.96. The number of hydrogen-bond donors (Lipinski definition) is 3. The van der Waals surface area contributed by atoms with Gasteiger partial charge >= 0.3 is 0 Å². The Morgan fingerprint density at radius 2 is 1.81 bits per heavy atom. The highest BCUT2D eigenvalue weighted by Crippen LogP contribution is 2.27. The van der Waals surface area contributed by atoms with Gasteiger partial charge in [0.15, 0.2) is 0 Å². The van der Waals surface area contributed by atoms with E-state index >= 15 is 0 Å². The van der Waals surface area contributed by atoms with E-state index in [9.17, 15) is 14.4 Å². The van der Waals surface area contributed by atoms with Gasteiger partial charge < -0.3 is 20.7 Å². The maximum atomic E-state index is 12.1. The fraction of sp³-hybridized carbons (Fsp3) is 0.167. The van der Waals surface area contributed by atoms with Crippen LogP contribution in [-0.4, -0.2) is 31.4 Å². The number of rotatable bonds is 6. The minimum Gasteiger partial charge on any atom is -0.494 e. The number of carbonyl (C=O) groups excluding carboxylic acids is 3. The van der Waals surface area contributed by atoms with E-state index in [1.54, 1.807) is 30.3 Å². The van der Waals surface area contributed by atoms with Crippen molar-refractivity contribution in [2.75, 3.05) is 24.3 Å². The number of hydrogen-bond acceptors (Lipinski definition) is 4. The largest absolute Gasteiger partial charge is 0.494 e. The van der Waals surface area contributed by atoms with Crippen LogP contribution in [0.25, 0.3) is 0 Å². The van der Waals surface area contributed by atoms with Crippen LogP contribution >= 0.6 is 22.6 Å². The van der Waals surface area contributed by atoms with Crippen LogP contribution in [0.1, 0.15) is 17.3 Å². The number of halogens is 1. The van der Waals surface area contributed by atoms with Crippen molar-refractivity contribution in [3.8, 4) is 5.75 Å². The van der Waals surface area contributed by atoms with Crippen LogP contribution in [0.2, 0.25) is 0 Å². The third kappa shape index (κ3) is 5.45. The van der Waals surface area contributed by atoms with Crippen LogP contribution < -0.4 is 20.7 Å². The maximum absolute atomic E-state index is 12.1. The highest BCUT2D eigenvalue weighted by atomic mass is 127. The lowest BCUT2D eigenvalue weighted by molar-refractivity contribution is -0.115. The molecule has 0 aliphatic heterocycles. The number of nitrogens with one attached hydrogen (secondary N) is 3. The van der Waals surface area contributed by atoms with E-state index in [0.29, 0.717) is 22.7 Å². The lowest BCUT2D eigenvalue weighted by Crippen LogP contribution is -2.33. The molecule has 2 aromatic carbocycles. The number of amides is 3. The number of benzene rings is 2. The summed E-state index contributed by atoms with van der Waals surface area (Å²) in [6, 6.07) is 12.0. The minimum atomic E-state index is -0.376. The van der Waals surface area contributed by atoms with Crippen LogP contribution in [0.5, 0.6) is 5.75 Å². The second-order valence-corrected chi connectivity index (χ2v) is 6.47. The molecule has 0 bridgehead atoms. The molecule has 0 aromatic heterocycles. The van der Waals surface area contributed by atoms with Gasteiger partial charge in [0.25, 0.3) is 5.91 Å². The summed E-state index contributed by atoms with van der Waals surface area (Å²) in [7, 11) is 1.47. The molecule has 26 heavy (non-hydrogen) atoms. The summed E-state index contributed by atoms with van der Waals surface area (Å²) in [6.45, 7) is 1.23. The van der Waals surface area contributed by atoms with Gasteiger partial charge in [-0.25, -0.2) is 0 Å². The van der Waals surface area contributed by atoms with Crippen molar-refractivity contribution in [1.82, 2.24) is 5.32 Å². The molecular weight excluding hydrogens is 449 g/mol. The summed E-state index contributed by atoms with van der Waals surface area (Å²) in [6.07, 6.45) is 0. The molecule has 8 heteroatoms. The van der Waals surface area contributed by atoms with Crippen LogP contribution in [0.4, 0.5) is 11.4 Å². The van der Waals surface area contributed by atoms with Gasteiger partial charge in [-0.2, -0.15) is 0 Å². The molecule has 3 amide bonds. The van der Waals surface area contributed by atoms with E-state index in [1.165, 1.54) is 14.0 Å². The summed E-state index contributed by atoms with van der Waals surface area (Å²) in [4.78, 5) is 35.3. The molecule has 0 radical (unpaired) electrons. The fourth-order valence-electron chi connectivity index (χ4n) is 2.17. The number of methoxy groups -OCH3 is 1. The molecule has 2 rings (SSSR count). The summed E-state index contributed by atoms with van der Waals surface area (Å²) < 4.78 is 6.01. The zero-order valence-corrected chi connectivity index (χ0v) is 16.4. The Kier molecular flexibility index (Phi) is 6.96. The summed E-state index contributed by atoms with van der Waals surface area (Å²) in [5, 5.41) is 7.89. The van der Waals surface area contributed by atoms with Gasteiger partial charge in [0.1, 0.15) is 5.75 Å². The molecule has 0 saturated heterocycles. The highest BCUT2D eigenvalue weighted by molar-refractivity contribution is 14.1. The van der Waals surface area contributed by atoms with Crippen molar-refractivity contribution in [2.24, 2.45) is 0 Å². The third-order valence-electron chi connectivity index (χ3n) is 3.32. The molecule has 0 spiro atoms. The lowest BCUT2D eigenvalue weighted by atomic mass is 10.2. The summed E-state index contributed by atoms with van der Waals surface area (Å²) >= 11 is 2.06. The monoisotopic (exact) mass is 467 g/mol. The first-order chi connectivity index (χ1) is 12.4. The zero-order chi connectivity index (χ0) is 19.1. The Morgan fingerprint density at radius 1 is 1.08 bits per heavy atom. The molecule has 7 nitrogen and oxygen atoms in total. The predicted octanol–water partition coefficient (Wildman–Crippen LogP) is 2.63. The Labute approximate surface area is 164 Å². The van der Waals surface area contributed by atoms with E-state index < -0.39 is 0 Å². The average molecular weight is 467 g/mol. The fourth-order valence-corrected chi connectivity index (χ4v) is 2.80. The van der Waals surface area contributed by atoms with Crippen LogP contribution in [-0.2, 0) is 9.59 Å². The Morgan fingerprint density at radius 3 is 2.46 bits per heavy atom. The second kappa shape index (κ2) is 9.18. The van der Waals surface area contributed by atoms with Crippen molar-refractivity contribution in [3.63, 3.8) is 0 Å². The molecule has 0 saturated carbocycles. The van der Waals surface area contributed by atoms with Crippen LogP contribution in [0.3, 0.4) is 0 Å². The molecule has 136 valence electrons. The molecule has 0 aliphatic rings. The molecule has 0 atom stereocenters. The minimum absolute atomic E-state index is 0.167. The molecule has 0 unspecified atom stereocenters. The summed E-state index contributed by atoms with van der Waals surface area (Å²) in [5.41, 5.74) is 1.51. The topological polar surface area (TPSA) is 96.5 Å². The van der Waals surface area contributed by atoms with Gasteiger partial charge in [0, 0.05) is 22.2 Å². The molecule has 3 N–H and O–H groups in total. The average Bonchev–Trinajstić information content (AvgIpc) is 2.61. The Hall–Kier alpha value is -2.62. The van der Waals surface area contributed by atoms with Crippen LogP contribution in [0, 0.1) is 3.57 Å². The van der Waals surface area contributed by atoms with Gasteiger partial charge in [-0.1, -0.05) is 12.1 Å². The highest BCUT2D eigenvalue weighted by Gasteiger charge is 2.12. The first-order valence-electron chi connectivity index (χ1n) is 7.69. The second-order valence-electron chi connectivity index (χ2n) is 5.31. The Bertz CT molecular complexity index is 839. The van der Waals surface area contributed by atoms with Crippen molar-refractivity contribution in [3.05, 3.63) is 51.6 Å². The van der Waals surface area contributed by atoms with E-state index in [-0.39, 0.29) is 24.3 Å². The van der Waals surface area contributed by atoms with E-state index in [1.807, 2.05) is 12.1 Å². The lowest BCUT2D eigenvalue weighted by Gasteiger charge is -2.12. The smallest absolute Gasteiger partial charge is 0.252 e. The SMILES string of the molecule is COc1cc(NC(=O)CNC(=O)c2ccccc2I)ccc1NC(C)=O. The molecule has 0 aliphatic carbocycles. The van der Waals surface area contributed by atoms with Gasteiger partial charge in [-0.05, 0) is 46.9 Å². The van der Waals surface area contributed by atoms with Gasteiger partial charge in [-0.15, -0.1) is 0 Å². The molecular formula is C18H18IN3O4. The van der Waals surface area contributed by atoms with Gasteiger partial charge in [0.05, 0.1) is 24.9 Å². The maximum Gasteiger partial charge on any atom is 0.252 e. The standard InChI is InChI=1S/C18H18IN3O4/c1-11(23)21-15-8-7-12(9-16(15)26-2)22-17(24)10-20-18(25)13-5-3-4-6-14(13)19/h3-9H,10H2,1-2H3,(H,20,25)(H,21,23)(H,22,24). The quantitative estimate of drug-likeness (QED) is 0.570. The van der Waals surface area contributed by atoms with E-state index in [4.69, 9.17) is 4.74 Å². The van der Waals surface area contributed by atoms with Crippen molar-refractivity contribution in [2.45, 2.75) is 6.92 Å². The first kappa shape index (κ1) is 19.7. The molecule has 0 fully saturated rings. The number of carbonyl (C=O) groups is 3. The molecule has 0 heterocycles. The normalized spacial score (nSPS) is 9.96. The summed E-state index contributed by atoms with van der Waals surface area (Å²) in [5.74, 6) is -0.499. The number of ether oxygens (including phenoxy) is 1. The van der Waals surface area contributed by atoms with Gasteiger partial charge in [0.2, 0.25) is 11.8 Å². The van der Waals surface area contributed by atoms with Crippen molar-refractivity contribution >= 4 is 51.7 Å². The van der Waals surface area contributed by atoms with Crippen molar-refractivity contribution in [1.29, 1.82) is 0 Å². The van der Waals surface area contributed by atoms with E-state index in [0.717, 1.165) is 3.57 Å². The zero-order valence-electron chi connectivity index (χ0n) is 14.3. The van der Waals surface area contributed by atoms with Crippen LogP contribution in [0.15, 0.2) is 42.5 Å². The molecule has 2 aromatic rings. The van der Waals surface area contributed by atoms with Crippen molar-refractivity contribution < 1.29 is 19.1 Å². The van der Waals surface area contributed by atoms with E-state index in [2.05, 4.69) is 38.5 Å². The predicted molar refractivity (Wildman–Crippen MR) is 107 cm³/mol. The third-order valence-corrected chi connectivity index (χ3v) is 4.26.